The molecule has 21 heavy (non-hydrogen) atoms. The normalized spacial score (nSPS) is 11.7. The summed E-state index contributed by atoms with van der Waals surface area (Å²) in [7, 11) is 0. The van der Waals surface area contributed by atoms with Crippen LogP contribution in [-0.2, 0) is 11.8 Å². The lowest BCUT2D eigenvalue weighted by atomic mass is 9.79. The third-order valence-corrected chi connectivity index (χ3v) is 6.05. The van der Waals surface area contributed by atoms with E-state index in [2.05, 4.69) is 31.9 Å². The summed E-state index contributed by atoms with van der Waals surface area (Å²) in [5, 5.41) is 1.60. The quantitative estimate of drug-likeness (QED) is 0.511. The lowest BCUT2D eigenvalue weighted by Crippen LogP contribution is -2.33. The minimum absolute atomic E-state index is 0.291. The van der Waals surface area contributed by atoms with Crippen molar-refractivity contribution in [3.8, 4) is 0 Å². The lowest BCUT2D eigenvalue weighted by Gasteiger charge is -2.31. The van der Waals surface area contributed by atoms with Crippen LogP contribution in [0.1, 0.15) is 11.1 Å². The van der Waals surface area contributed by atoms with E-state index in [9.17, 15) is 8.78 Å². The first-order chi connectivity index (χ1) is 10.0. The van der Waals surface area contributed by atoms with Crippen LogP contribution in [0.3, 0.4) is 0 Å². The summed E-state index contributed by atoms with van der Waals surface area (Å²) in [6, 6.07) is 11.0. The maximum atomic E-state index is 14.1. The monoisotopic (exact) mass is 436 g/mol. The van der Waals surface area contributed by atoms with Gasteiger partial charge < -0.3 is 0 Å². The van der Waals surface area contributed by atoms with Crippen LogP contribution in [0.15, 0.2) is 42.5 Å². The van der Waals surface area contributed by atoms with Crippen molar-refractivity contribution in [1.82, 2.24) is 0 Å². The Morgan fingerprint density at radius 2 is 1.57 bits per heavy atom. The predicted octanol–water partition coefficient (Wildman–Crippen LogP) is 5.89. The second-order valence-corrected chi connectivity index (χ2v) is 6.46. The van der Waals surface area contributed by atoms with Crippen LogP contribution < -0.4 is 0 Å². The van der Waals surface area contributed by atoms with E-state index < -0.39 is 5.41 Å². The Morgan fingerprint density at radius 3 is 2.10 bits per heavy atom. The highest BCUT2D eigenvalue weighted by Gasteiger charge is 2.32. The predicted molar refractivity (Wildman–Crippen MR) is 90.8 cm³/mol. The fourth-order valence-electron chi connectivity index (χ4n) is 2.23. The minimum atomic E-state index is -0.403. The SMILES string of the molecule is Fc1ccc(C(CBr)(CBr)Cc2c(F)cccc2Cl)cc1. The molecule has 0 heterocycles. The lowest BCUT2D eigenvalue weighted by molar-refractivity contribution is 0.521. The molecular formula is C16H13Br2ClF2. The van der Waals surface area contributed by atoms with Gasteiger partial charge in [0, 0.05) is 26.7 Å². The fraction of sp³-hybridized carbons (Fsp3) is 0.250. The molecule has 0 bridgehead atoms. The van der Waals surface area contributed by atoms with E-state index in [1.54, 1.807) is 24.3 Å². The molecule has 0 unspecified atom stereocenters. The number of halogens is 5. The number of alkyl halides is 2. The molecule has 0 aliphatic heterocycles. The van der Waals surface area contributed by atoms with E-state index in [4.69, 9.17) is 11.6 Å². The molecule has 0 saturated heterocycles. The molecule has 0 atom stereocenters. The zero-order valence-electron chi connectivity index (χ0n) is 11.1. The molecule has 112 valence electrons. The minimum Gasteiger partial charge on any atom is -0.207 e. The van der Waals surface area contributed by atoms with Crippen LogP contribution in [0.4, 0.5) is 8.78 Å². The molecular weight excluding hydrogens is 425 g/mol. The number of benzene rings is 2. The Morgan fingerprint density at radius 1 is 0.952 bits per heavy atom. The van der Waals surface area contributed by atoms with Gasteiger partial charge in [-0.25, -0.2) is 8.78 Å². The molecule has 0 aliphatic rings. The van der Waals surface area contributed by atoms with Gasteiger partial charge >= 0.3 is 0 Å². The first-order valence-electron chi connectivity index (χ1n) is 6.33. The molecule has 0 spiro atoms. The maximum absolute atomic E-state index is 14.1. The number of hydrogen-bond acceptors (Lipinski definition) is 0. The molecule has 2 aromatic rings. The van der Waals surface area contributed by atoms with Crippen molar-refractivity contribution in [2.24, 2.45) is 0 Å². The zero-order valence-corrected chi connectivity index (χ0v) is 15.0. The maximum Gasteiger partial charge on any atom is 0.127 e. The Labute approximate surface area is 144 Å². The van der Waals surface area contributed by atoms with Crippen molar-refractivity contribution in [2.75, 3.05) is 10.7 Å². The Balaban J connectivity index is 2.45. The smallest absolute Gasteiger partial charge is 0.127 e. The Hall–Kier alpha value is -0.450. The highest BCUT2D eigenvalue weighted by atomic mass is 79.9. The van der Waals surface area contributed by atoms with Gasteiger partial charge in [0.15, 0.2) is 0 Å². The molecule has 0 radical (unpaired) electrons. The van der Waals surface area contributed by atoms with Crippen LogP contribution in [0.25, 0.3) is 0 Å². The largest absolute Gasteiger partial charge is 0.207 e. The summed E-state index contributed by atoms with van der Waals surface area (Å²) in [5.41, 5.74) is 0.999. The number of hydrogen-bond donors (Lipinski definition) is 0. The van der Waals surface area contributed by atoms with Gasteiger partial charge in [-0.05, 0) is 36.2 Å². The van der Waals surface area contributed by atoms with E-state index in [0.717, 1.165) is 5.56 Å². The standard InChI is InChI=1S/C16H13Br2ClF2/c17-9-16(10-18,11-4-6-12(20)7-5-11)8-13-14(19)2-1-3-15(13)21/h1-7H,8-10H2. The van der Waals surface area contributed by atoms with E-state index >= 15 is 0 Å². The summed E-state index contributed by atoms with van der Waals surface area (Å²) in [5.74, 6) is -0.614. The summed E-state index contributed by atoms with van der Waals surface area (Å²) in [6.07, 6.45) is 0.417. The topological polar surface area (TPSA) is 0 Å². The molecule has 0 saturated carbocycles. The average Bonchev–Trinajstić information content (AvgIpc) is 2.49. The van der Waals surface area contributed by atoms with E-state index in [-0.39, 0.29) is 11.6 Å². The molecule has 0 nitrogen and oxygen atoms in total. The highest BCUT2D eigenvalue weighted by Crippen LogP contribution is 2.35. The van der Waals surface area contributed by atoms with Crippen LogP contribution in [0.5, 0.6) is 0 Å². The van der Waals surface area contributed by atoms with Crippen LogP contribution in [-0.4, -0.2) is 10.7 Å². The van der Waals surface area contributed by atoms with Crippen molar-refractivity contribution < 1.29 is 8.78 Å². The summed E-state index contributed by atoms with van der Waals surface area (Å²) in [6.45, 7) is 0. The number of rotatable bonds is 5. The molecule has 5 heteroatoms. The van der Waals surface area contributed by atoms with E-state index in [1.165, 1.54) is 18.2 Å². The van der Waals surface area contributed by atoms with Gasteiger partial charge in [-0.3, -0.25) is 0 Å². The van der Waals surface area contributed by atoms with Crippen molar-refractivity contribution in [2.45, 2.75) is 11.8 Å². The van der Waals surface area contributed by atoms with Crippen molar-refractivity contribution in [3.63, 3.8) is 0 Å². The Kier molecular flexibility index (Phi) is 5.81. The van der Waals surface area contributed by atoms with Gasteiger partial charge in [0.2, 0.25) is 0 Å². The van der Waals surface area contributed by atoms with Gasteiger partial charge in [-0.1, -0.05) is 61.7 Å². The van der Waals surface area contributed by atoms with Gasteiger partial charge in [0.05, 0.1) is 0 Å². The zero-order chi connectivity index (χ0) is 15.5. The summed E-state index contributed by atoms with van der Waals surface area (Å²) in [4.78, 5) is 0. The van der Waals surface area contributed by atoms with Crippen LogP contribution in [0.2, 0.25) is 5.02 Å². The van der Waals surface area contributed by atoms with Gasteiger partial charge in [0.1, 0.15) is 11.6 Å². The van der Waals surface area contributed by atoms with Gasteiger partial charge in [-0.15, -0.1) is 0 Å². The molecule has 2 rings (SSSR count). The van der Waals surface area contributed by atoms with Crippen LogP contribution in [0, 0.1) is 11.6 Å². The van der Waals surface area contributed by atoms with Crippen molar-refractivity contribution >= 4 is 43.5 Å². The second kappa shape index (κ2) is 7.21. The van der Waals surface area contributed by atoms with E-state index in [1.807, 2.05) is 0 Å². The third kappa shape index (κ3) is 3.66. The second-order valence-electron chi connectivity index (χ2n) is 4.93. The Bertz CT molecular complexity index is 590. The molecule has 0 aromatic heterocycles. The van der Waals surface area contributed by atoms with Crippen molar-refractivity contribution in [3.05, 3.63) is 70.2 Å². The summed E-state index contributed by atoms with van der Waals surface area (Å²) < 4.78 is 27.2. The average molecular weight is 439 g/mol. The van der Waals surface area contributed by atoms with Crippen molar-refractivity contribution in [1.29, 1.82) is 0 Å². The summed E-state index contributed by atoms with van der Waals surface area (Å²) >= 11 is 13.1. The molecule has 2 aromatic carbocycles. The molecule has 0 amide bonds. The molecule has 0 N–H and O–H groups in total. The van der Waals surface area contributed by atoms with E-state index in [0.29, 0.717) is 27.7 Å². The first kappa shape index (κ1) is 16.9. The third-order valence-electron chi connectivity index (χ3n) is 3.55. The molecule has 0 fully saturated rings. The fourth-order valence-corrected chi connectivity index (χ4v) is 4.43. The molecule has 0 aliphatic carbocycles. The highest BCUT2D eigenvalue weighted by molar-refractivity contribution is 9.09. The van der Waals surface area contributed by atoms with Crippen LogP contribution >= 0.6 is 43.5 Å². The van der Waals surface area contributed by atoms with Gasteiger partial charge in [0.25, 0.3) is 0 Å². The first-order valence-corrected chi connectivity index (χ1v) is 8.95. The van der Waals surface area contributed by atoms with Gasteiger partial charge in [-0.2, -0.15) is 0 Å².